The Kier molecular flexibility index (Phi) is 5.48. The first-order valence-corrected chi connectivity index (χ1v) is 11.4. The summed E-state index contributed by atoms with van der Waals surface area (Å²) in [5, 5.41) is 8.40. The molecular formula is C25H30N4O2. The zero-order chi connectivity index (χ0) is 21.4. The highest BCUT2D eigenvalue weighted by Crippen LogP contribution is 2.42. The SMILES string of the molecule is CCC1CN2CCC1CC2C(NC(=O)Cc1cc(C)no1)c1ccnc2ccccc12. The van der Waals surface area contributed by atoms with Gasteiger partial charge < -0.3 is 9.84 Å². The first-order chi connectivity index (χ1) is 15.1. The molecule has 31 heavy (non-hydrogen) atoms. The van der Waals surface area contributed by atoms with Crippen molar-refractivity contribution in [1.82, 2.24) is 20.4 Å². The zero-order valence-electron chi connectivity index (χ0n) is 18.3. The Balaban J connectivity index is 1.47. The van der Waals surface area contributed by atoms with Crippen LogP contribution in [0.2, 0.25) is 0 Å². The topological polar surface area (TPSA) is 71.3 Å². The van der Waals surface area contributed by atoms with Gasteiger partial charge in [0.25, 0.3) is 0 Å². The highest BCUT2D eigenvalue weighted by Gasteiger charge is 2.43. The monoisotopic (exact) mass is 418 g/mol. The molecule has 0 aliphatic carbocycles. The molecule has 3 aliphatic rings. The number of benzene rings is 1. The van der Waals surface area contributed by atoms with Crippen molar-refractivity contribution in [3.8, 4) is 0 Å². The van der Waals surface area contributed by atoms with Crippen LogP contribution in [0.3, 0.4) is 0 Å². The van der Waals surface area contributed by atoms with E-state index in [1.807, 2.05) is 37.4 Å². The van der Waals surface area contributed by atoms with Gasteiger partial charge in [0.1, 0.15) is 5.76 Å². The molecule has 1 N–H and O–H groups in total. The van der Waals surface area contributed by atoms with Crippen LogP contribution in [0.4, 0.5) is 0 Å². The van der Waals surface area contributed by atoms with Gasteiger partial charge in [-0.1, -0.05) is 36.7 Å². The van der Waals surface area contributed by atoms with E-state index in [9.17, 15) is 4.79 Å². The summed E-state index contributed by atoms with van der Waals surface area (Å²) in [4.78, 5) is 20.2. The van der Waals surface area contributed by atoms with Crippen molar-refractivity contribution >= 4 is 16.8 Å². The molecule has 5 atom stereocenters. The van der Waals surface area contributed by atoms with Gasteiger partial charge in [0.2, 0.25) is 5.91 Å². The van der Waals surface area contributed by atoms with Crippen LogP contribution >= 0.6 is 0 Å². The molecule has 1 amide bonds. The van der Waals surface area contributed by atoms with Crippen molar-refractivity contribution in [1.29, 1.82) is 0 Å². The Morgan fingerprint density at radius 3 is 2.94 bits per heavy atom. The number of hydrogen-bond donors (Lipinski definition) is 1. The second-order valence-electron chi connectivity index (χ2n) is 9.09. The van der Waals surface area contributed by atoms with Crippen molar-refractivity contribution in [2.45, 2.75) is 51.6 Å². The Morgan fingerprint density at radius 2 is 2.19 bits per heavy atom. The molecule has 0 radical (unpaired) electrons. The first-order valence-electron chi connectivity index (χ1n) is 11.4. The molecule has 162 valence electrons. The van der Waals surface area contributed by atoms with Crippen LogP contribution in [0.1, 0.15) is 49.2 Å². The van der Waals surface area contributed by atoms with Crippen LogP contribution in [0.15, 0.2) is 47.1 Å². The smallest absolute Gasteiger partial charge is 0.228 e. The molecule has 3 saturated heterocycles. The van der Waals surface area contributed by atoms with E-state index in [4.69, 9.17) is 4.52 Å². The lowest BCUT2D eigenvalue weighted by Gasteiger charge is -2.52. The van der Waals surface area contributed by atoms with E-state index in [0.29, 0.717) is 11.8 Å². The third-order valence-electron chi connectivity index (χ3n) is 7.19. The van der Waals surface area contributed by atoms with Crippen LogP contribution in [-0.4, -0.2) is 40.1 Å². The second kappa shape index (κ2) is 8.42. The van der Waals surface area contributed by atoms with E-state index < -0.39 is 0 Å². The lowest BCUT2D eigenvalue weighted by molar-refractivity contribution is -0.122. The first kappa shape index (κ1) is 20.2. The number of hydrogen-bond acceptors (Lipinski definition) is 5. The third kappa shape index (κ3) is 3.97. The molecule has 2 bridgehead atoms. The number of nitrogens with one attached hydrogen (secondary N) is 1. The van der Waals surface area contributed by atoms with Gasteiger partial charge in [0.15, 0.2) is 0 Å². The van der Waals surface area contributed by atoms with Crippen molar-refractivity contribution in [2.24, 2.45) is 11.8 Å². The van der Waals surface area contributed by atoms with E-state index >= 15 is 0 Å². The van der Waals surface area contributed by atoms with Crippen molar-refractivity contribution in [3.63, 3.8) is 0 Å². The van der Waals surface area contributed by atoms with Gasteiger partial charge in [-0.15, -0.1) is 0 Å². The van der Waals surface area contributed by atoms with Gasteiger partial charge in [-0.2, -0.15) is 0 Å². The van der Waals surface area contributed by atoms with E-state index in [-0.39, 0.29) is 18.4 Å². The molecule has 6 nitrogen and oxygen atoms in total. The van der Waals surface area contributed by atoms with Gasteiger partial charge in [0.05, 0.1) is 23.7 Å². The molecule has 0 saturated carbocycles. The number of carbonyl (C=O) groups is 1. The van der Waals surface area contributed by atoms with Gasteiger partial charge in [-0.3, -0.25) is 14.7 Å². The highest BCUT2D eigenvalue weighted by molar-refractivity contribution is 5.84. The molecule has 5 unspecified atom stereocenters. The number of piperidine rings is 3. The summed E-state index contributed by atoms with van der Waals surface area (Å²) in [6.45, 7) is 6.41. The summed E-state index contributed by atoms with van der Waals surface area (Å²) in [7, 11) is 0. The van der Waals surface area contributed by atoms with Crippen LogP contribution in [-0.2, 0) is 11.2 Å². The Labute approximate surface area is 183 Å². The van der Waals surface area contributed by atoms with Crippen LogP contribution < -0.4 is 5.32 Å². The fourth-order valence-electron chi connectivity index (χ4n) is 5.64. The van der Waals surface area contributed by atoms with E-state index in [2.05, 4.69) is 39.4 Å². The Hall–Kier alpha value is -2.73. The molecule has 3 fully saturated rings. The standard InChI is InChI=1S/C25H30N4O2/c1-3-17-15-29-11-9-18(17)13-23(29)25(27-24(30)14-19-12-16(2)28-31-19)21-8-10-26-22-7-5-4-6-20(21)22/h4-8,10,12,17-18,23,25H,3,9,11,13-15H2,1-2H3,(H,27,30). The Bertz CT molecular complexity index is 1070. The fourth-order valence-corrected chi connectivity index (χ4v) is 5.64. The minimum atomic E-state index is -0.0787. The van der Waals surface area contributed by atoms with Gasteiger partial charge in [-0.05, 0) is 55.8 Å². The summed E-state index contributed by atoms with van der Waals surface area (Å²) < 4.78 is 5.28. The molecule has 2 aromatic heterocycles. The summed E-state index contributed by atoms with van der Waals surface area (Å²) in [6, 6.07) is 12.3. The maximum absolute atomic E-state index is 13.1. The number of fused-ring (bicyclic) bond motifs is 4. The predicted molar refractivity (Wildman–Crippen MR) is 119 cm³/mol. The van der Waals surface area contributed by atoms with E-state index in [1.165, 1.54) is 12.8 Å². The lowest BCUT2D eigenvalue weighted by atomic mass is 9.72. The lowest BCUT2D eigenvalue weighted by Crippen LogP contribution is -2.57. The van der Waals surface area contributed by atoms with Crippen LogP contribution in [0.5, 0.6) is 0 Å². The van der Waals surface area contributed by atoms with Crippen molar-refractivity contribution < 1.29 is 9.32 Å². The molecule has 1 aromatic carbocycles. The second-order valence-corrected chi connectivity index (χ2v) is 9.09. The zero-order valence-corrected chi connectivity index (χ0v) is 18.3. The van der Waals surface area contributed by atoms with Crippen molar-refractivity contribution in [3.05, 3.63) is 59.6 Å². The molecule has 6 heteroatoms. The number of rotatable bonds is 6. The maximum atomic E-state index is 13.1. The number of amides is 1. The normalized spacial score (nSPS) is 26.1. The number of aryl methyl sites for hydroxylation is 1. The molecule has 3 aromatic rings. The quantitative estimate of drug-likeness (QED) is 0.654. The Morgan fingerprint density at radius 1 is 1.32 bits per heavy atom. The molecule has 5 heterocycles. The van der Waals surface area contributed by atoms with Crippen molar-refractivity contribution in [2.75, 3.05) is 13.1 Å². The van der Waals surface area contributed by atoms with E-state index in [1.54, 1.807) is 0 Å². The summed E-state index contributed by atoms with van der Waals surface area (Å²) in [5.74, 6) is 2.08. The fraction of sp³-hybridized carbons (Fsp3) is 0.480. The number of para-hydroxylation sites is 1. The van der Waals surface area contributed by atoms with Gasteiger partial charge in [-0.25, -0.2) is 0 Å². The number of aromatic nitrogens is 2. The molecule has 3 aliphatic heterocycles. The summed E-state index contributed by atoms with van der Waals surface area (Å²) in [6.07, 6.45) is 5.69. The minimum absolute atomic E-state index is 0.0308. The molecular weight excluding hydrogens is 388 g/mol. The predicted octanol–water partition coefficient (Wildman–Crippen LogP) is 4.05. The largest absolute Gasteiger partial charge is 0.361 e. The van der Waals surface area contributed by atoms with E-state index in [0.717, 1.165) is 53.5 Å². The molecule has 0 spiro atoms. The van der Waals surface area contributed by atoms with Gasteiger partial charge in [0, 0.05) is 30.2 Å². The van der Waals surface area contributed by atoms with Crippen LogP contribution in [0, 0.1) is 18.8 Å². The van der Waals surface area contributed by atoms with Gasteiger partial charge >= 0.3 is 0 Å². The third-order valence-corrected chi connectivity index (χ3v) is 7.19. The highest BCUT2D eigenvalue weighted by atomic mass is 16.5. The summed E-state index contributed by atoms with van der Waals surface area (Å²) in [5.41, 5.74) is 2.91. The number of carbonyl (C=O) groups excluding carboxylic acids is 1. The minimum Gasteiger partial charge on any atom is -0.361 e. The molecule has 6 rings (SSSR count). The average Bonchev–Trinajstić information content (AvgIpc) is 3.21. The maximum Gasteiger partial charge on any atom is 0.228 e. The number of pyridine rings is 1. The number of nitrogens with zero attached hydrogens (tertiary/aromatic N) is 3. The summed E-state index contributed by atoms with van der Waals surface area (Å²) >= 11 is 0. The average molecular weight is 419 g/mol. The van der Waals surface area contributed by atoms with Crippen LogP contribution in [0.25, 0.3) is 10.9 Å².